The van der Waals surface area contributed by atoms with Gasteiger partial charge in [-0.1, -0.05) is 19.4 Å². The molecular weight excluding hydrogens is 388 g/mol. The van der Waals surface area contributed by atoms with Crippen molar-refractivity contribution >= 4 is 12.0 Å². The Bertz CT molecular complexity index is 1020. The molecule has 0 radical (unpaired) electrons. The highest BCUT2D eigenvalue weighted by atomic mass is 16.5. The molecule has 0 bridgehead atoms. The van der Waals surface area contributed by atoms with Crippen LogP contribution < -0.4 is 20.7 Å². The number of hydrogen-bond acceptors (Lipinski definition) is 6. The van der Waals surface area contributed by atoms with Crippen LogP contribution in [-0.4, -0.2) is 28.3 Å². The van der Waals surface area contributed by atoms with Gasteiger partial charge in [-0.25, -0.2) is 9.59 Å². The molecule has 0 saturated heterocycles. The number of benzene rings is 1. The second-order valence-electron chi connectivity index (χ2n) is 6.66. The van der Waals surface area contributed by atoms with Crippen molar-refractivity contribution in [2.24, 2.45) is 14.1 Å². The van der Waals surface area contributed by atoms with Crippen molar-refractivity contribution in [1.29, 1.82) is 0 Å². The summed E-state index contributed by atoms with van der Waals surface area (Å²) in [6.45, 7) is 4.91. The SMILES string of the molecule is CCCCOc1ccc(/C=C/C(=O)OCc2cc(=O)n(C)c(=O)n2C)cc1OCC. The Labute approximate surface area is 175 Å². The fourth-order valence-corrected chi connectivity index (χ4v) is 2.62. The van der Waals surface area contributed by atoms with Crippen molar-refractivity contribution in [1.82, 2.24) is 9.13 Å². The van der Waals surface area contributed by atoms with E-state index in [2.05, 4.69) is 6.92 Å². The number of rotatable bonds is 10. The summed E-state index contributed by atoms with van der Waals surface area (Å²) >= 11 is 0. The van der Waals surface area contributed by atoms with E-state index in [4.69, 9.17) is 14.2 Å². The molecule has 0 fully saturated rings. The average molecular weight is 416 g/mol. The van der Waals surface area contributed by atoms with Crippen LogP contribution in [0.4, 0.5) is 0 Å². The molecule has 0 unspecified atom stereocenters. The first kappa shape index (κ1) is 23.0. The van der Waals surface area contributed by atoms with Gasteiger partial charge in [0.2, 0.25) is 0 Å². The second-order valence-corrected chi connectivity index (χ2v) is 6.66. The molecule has 1 aromatic heterocycles. The van der Waals surface area contributed by atoms with Gasteiger partial charge in [0.1, 0.15) is 6.61 Å². The summed E-state index contributed by atoms with van der Waals surface area (Å²) in [7, 11) is 2.90. The summed E-state index contributed by atoms with van der Waals surface area (Å²) in [5, 5.41) is 0. The normalized spacial score (nSPS) is 10.9. The number of nitrogens with zero attached hydrogens (tertiary/aromatic N) is 2. The minimum absolute atomic E-state index is 0.181. The lowest BCUT2D eigenvalue weighted by Crippen LogP contribution is -2.38. The van der Waals surface area contributed by atoms with Crippen LogP contribution in [0, 0.1) is 0 Å². The van der Waals surface area contributed by atoms with E-state index in [1.165, 1.54) is 30.8 Å². The fraction of sp³-hybridized carbons (Fsp3) is 0.409. The molecule has 0 N–H and O–H groups in total. The molecule has 0 spiro atoms. The highest BCUT2D eigenvalue weighted by molar-refractivity contribution is 5.87. The van der Waals surface area contributed by atoms with Gasteiger partial charge in [-0.2, -0.15) is 0 Å². The summed E-state index contributed by atoms with van der Waals surface area (Å²) in [6, 6.07) is 6.68. The van der Waals surface area contributed by atoms with Gasteiger partial charge in [0.05, 0.1) is 18.9 Å². The highest BCUT2D eigenvalue weighted by Gasteiger charge is 2.09. The van der Waals surface area contributed by atoms with Gasteiger partial charge in [0, 0.05) is 26.2 Å². The molecule has 0 amide bonds. The molecule has 162 valence electrons. The van der Waals surface area contributed by atoms with E-state index < -0.39 is 17.2 Å². The van der Waals surface area contributed by atoms with Crippen LogP contribution >= 0.6 is 0 Å². The molecule has 8 heteroatoms. The number of aromatic nitrogens is 2. The molecule has 0 aliphatic carbocycles. The molecule has 0 aliphatic rings. The number of carbonyl (C=O) groups is 1. The largest absolute Gasteiger partial charge is 0.490 e. The van der Waals surface area contributed by atoms with E-state index in [1.807, 2.05) is 13.0 Å². The third-order valence-corrected chi connectivity index (χ3v) is 4.42. The van der Waals surface area contributed by atoms with Crippen LogP contribution in [0.2, 0.25) is 0 Å². The summed E-state index contributed by atoms with van der Waals surface area (Å²) in [6.07, 6.45) is 4.88. The van der Waals surface area contributed by atoms with Crippen LogP contribution in [0.15, 0.2) is 39.9 Å². The molecular formula is C22H28N2O6. The maximum atomic E-state index is 12.1. The molecule has 0 aliphatic heterocycles. The lowest BCUT2D eigenvalue weighted by molar-refractivity contribution is -0.139. The number of hydrogen-bond donors (Lipinski definition) is 0. The Hall–Kier alpha value is -3.29. The van der Waals surface area contributed by atoms with Crippen molar-refractivity contribution in [2.75, 3.05) is 13.2 Å². The van der Waals surface area contributed by atoms with Gasteiger partial charge in [-0.15, -0.1) is 0 Å². The van der Waals surface area contributed by atoms with Crippen molar-refractivity contribution in [2.45, 2.75) is 33.3 Å². The first-order valence-electron chi connectivity index (χ1n) is 9.87. The van der Waals surface area contributed by atoms with Gasteiger partial charge in [-0.05, 0) is 37.1 Å². The third-order valence-electron chi connectivity index (χ3n) is 4.42. The Morgan fingerprint density at radius 3 is 2.50 bits per heavy atom. The molecule has 2 aromatic rings. The molecule has 0 atom stereocenters. The predicted octanol–water partition coefficient (Wildman–Crippen LogP) is 2.42. The molecule has 0 saturated carbocycles. The van der Waals surface area contributed by atoms with E-state index >= 15 is 0 Å². The highest BCUT2D eigenvalue weighted by Crippen LogP contribution is 2.29. The van der Waals surface area contributed by atoms with Gasteiger partial charge in [0.15, 0.2) is 11.5 Å². The molecule has 2 rings (SSSR count). The van der Waals surface area contributed by atoms with Crippen molar-refractivity contribution < 1.29 is 19.0 Å². The Morgan fingerprint density at radius 2 is 1.80 bits per heavy atom. The first-order valence-corrected chi connectivity index (χ1v) is 9.87. The van der Waals surface area contributed by atoms with Crippen LogP contribution in [0.1, 0.15) is 37.9 Å². The molecule has 1 heterocycles. The Balaban J connectivity index is 2.04. The van der Waals surface area contributed by atoms with Gasteiger partial charge < -0.3 is 14.2 Å². The summed E-state index contributed by atoms with van der Waals surface area (Å²) in [5.41, 5.74) is 0.134. The van der Waals surface area contributed by atoms with Crippen LogP contribution in [0.3, 0.4) is 0 Å². The van der Waals surface area contributed by atoms with Crippen LogP contribution in [0.5, 0.6) is 11.5 Å². The van der Waals surface area contributed by atoms with E-state index in [0.717, 1.165) is 23.0 Å². The molecule has 8 nitrogen and oxygen atoms in total. The van der Waals surface area contributed by atoms with Crippen molar-refractivity contribution in [3.63, 3.8) is 0 Å². The monoisotopic (exact) mass is 416 g/mol. The van der Waals surface area contributed by atoms with E-state index in [0.29, 0.717) is 30.4 Å². The summed E-state index contributed by atoms with van der Waals surface area (Å²) in [4.78, 5) is 35.7. The average Bonchev–Trinajstić information content (AvgIpc) is 2.74. The topological polar surface area (TPSA) is 88.8 Å². The fourth-order valence-electron chi connectivity index (χ4n) is 2.62. The van der Waals surface area contributed by atoms with Gasteiger partial charge in [-0.3, -0.25) is 13.9 Å². The second kappa shape index (κ2) is 11.0. The van der Waals surface area contributed by atoms with Crippen molar-refractivity contribution in [3.05, 3.63) is 62.4 Å². The van der Waals surface area contributed by atoms with E-state index in [1.54, 1.807) is 18.2 Å². The predicted molar refractivity (Wildman–Crippen MR) is 114 cm³/mol. The Morgan fingerprint density at radius 1 is 1.03 bits per heavy atom. The van der Waals surface area contributed by atoms with E-state index in [-0.39, 0.29) is 6.61 Å². The maximum absolute atomic E-state index is 12.1. The maximum Gasteiger partial charge on any atom is 0.331 e. The standard InChI is InChI=1S/C22H28N2O6/c1-5-7-12-29-18-10-8-16(13-19(18)28-6-2)9-11-21(26)30-15-17-14-20(25)24(4)22(27)23(17)3/h8-11,13-14H,5-7,12,15H2,1-4H3/b11-9+. The van der Waals surface area contributed by atoms with Crippen molar-refractivity contribution in [3.8, 4) is 11.5 Å². The molecule has 30 heavy (non-hydrogen) atoms. The number of ether oxygens (including phenoxy) is 3. The molecule has 1 aromatic carbocycles. The minimum atomic E-state index is -0.593. The zero-order valence-electron chi connectivity index (χ0n) is 17.8. The number of carbonyl (C=O) groups excluding carboxylic acids is 1. The quantitative estimate of drug-likeness (QED) is 0.336. The zero-order valence-corrected chi connectivity index (χ0v) is 17.8. The van der Waals surface area contributed by atoms with Crippen LogP contribution in [0.25, 0.3) is 6.08 Å². The first-order chi connectivity index (χ1) is 14.4. The number of unbranched alkanes of at least 4 members (excludes halogenated alkanes) is 1. The van der Waals surface area contributed by atoms with Gasteiger partial charge >= 0.3 is 11.7 Å². The van der Waals surface area contributed by atoms with E-state index in [9.17, 15) is 14.4 Å². The minimum Gasteiger partial charge on any atom is -0.490 e. The Kier molecular flexibility index (Phi) is 8.46. The van der Waals surface area contributed by atoms with Gasteiger partial charge in [0.25, 0.3) is 5.56 Å². The summed E-state index contributed by atoms with van der Waals surface area (Å²) < 4.78 is 18.8. The smallest absolute Gasteiger partial charge is 0.331 e. The van der Waals surface area contributed by atoms with Crippen LogP contribution in [-0.2, 0) is 30.2 Å². The zero-order chi connectivity index (χ0) is 22.1. The lowest BCUT2D eigenvalue weighted by atomic mass is 10.2. The lowest BCUT2D eigenvalue weighted by Gasteiger charge is -2.12. The number of esters is 1. The third kappa shape index (κ3) is 6.10. The summed E-state index contributed by atoms with van der Waals surface area (Å²) in [5.74, 6) is 0.681.